The van der Waals surface area contributed by atoms with Gasteiger partial charge in [-0.05, 0) is 44.0 Å². The number of anilines is 1. The van der Waals surface area contributed by atoms with Crippen molar-refractivity contribution >= 4 is 17.6 Å². The Kier molecular flexibility index (Phi) is 5.40. The van der Waals surface area contributed by atoms with E-state index in [4.69, 9.17) is 0 Å². The third kappa shape index (κ3) is 4.58. The summed E-state index contributed by atoms with van der Waals surface area (Å²) in [4.78, 5) is 25.1. The molecule has 1 saturated heterocycles. The number of nitrogens with two attached hydrogens (primary N) is 1. The number of hydrogen-bond acceptors (Lipinski definition) is 3. The summed E-state index contributed by atoms with van der Waals surface area (Å²) in [7, 11) is 0. The highest BCUT2D eigenvalue weighted by atomic mass is 19.1. The van der Waals surface area contributed by atoms with E-state index < -0.39 is 0 Å². The molecule has 0 radical (unpaired) electrons. The summed E-state index contributed by atoms with van der Waals surface area (Å²) in [6, 6.07) is 6.17. The molecule has 1 aliphatic heterocycles. The first-order valence-corrected chi connectivity index (χ1v) is 9.74. The van der Waals surface area contributed by atoms with Gasteiger partial charge in [0.25, 0.3) is 0 Å². The average Bonchev–Trinajstić information content (AvgIpc) is 3.39. The lowest BCUT2D eigenvalue weighted by molar-refractivity contribution is -0.594. The molecule has 1 unspecified atom stereocenters. The van der Waals surface area contributed by atoms with Crippen LogP contribution in [-0.2, 0) is 0 Å². The largest absolute Gasteiger partial charge is 0.346 e. The molecule has 3 amide bonds. The number of amides is 3. The Balaban J connectivity index is 1.57. The Morgan fingerprint density at radius 3 is 2.79 bits per heavy atom. The highest BCUT2D eigenvalue weighted by Crippen LogP contribution is 2.22. The summed E-state index contributed by atoms with van der Waals surface area (Å²) in [5.74, 6) is -0.495. The molecule has 5 N–H and O–H groups in total. The number of piperidine rings is 1. The van der Waals surface area contributed by atoms with Gasteiger partial charge in [0.1, 0.15) is 17.4 Å². The number of hydrogen-bond donors (Lipinski definition) is 4. The van der Waals surface area contributed by atoms with E-state index in [1.165, 1.54) is 12.1 Å². The maximum atomic E-state index is 13.6. The van der Waals surface area contributed by atoms with Crippen molar-refractivity contribution in [3.63, 3.8) is 0 Å². The summed E-state index contributed by atoms with van der Waals surface area (Å²) < 4.78 is 15.3. The number of benzene rings is 1. The number of aromatic nitrogens is 1. The van der Waals surface area contributed by atoms with Gasteiger partial charge in [-0.15, -0.1) is 0 Å². The Bertz CT molecular complexity index is 871. The van der Waals surface area contributed by atoms with Gasteiger partial charge in [-0.25, -0.2) is 14.0 Å². The number of nitrogens with one attached hydrogen (secondary N) is 3. The van der Waals surface area contributed by atoms with Crippen LogP contribution in [0.2, 0.25) is 0 Å². The predicted molar refractivity (Wildman–Crippen MR) is 103 cm³/mol. The molecule has 1 atom stereocenters. The summed E-state index contributed by atoms with van der Waals surface area (Å²) in [6.45, 7) is 1.75. The van der Waals surface area contributed by atoms with Crippen LogP contribution in [0.15, 0.2) is 36.7 Å². The first-order valence-electron chi connectivity index (χ1n) is 9.74. The van der Waals surface area contributed by atoms with Crippen LogP contribution in [0.1, 0.15) is 36.0 Å². The van der Waals surface area contributed by atoms with Crippen LogP contribution in [0.25, 0.3) is 5.69 Å². The van der Waals surface area contributed by atoms with Gasteiger partial charge in [-0.2, -0.15) is 0 Å². The minimum Gasteiger partial charge on any atom is -0.335 e. The van der Waals surface area contributed by atoms with E-state index in [1.54, 1.807) is 34.4 Å². The standard InChI is InChI=1S/C20H24FN5O2/c21-13-3-1-5-16(9-13)26-11-17(19(27)23-15-4-2-8-22-10-15)18(12-26)25-20(28)24-14-6-7-14/h1,3,5,9,11-12,14-15,22H,2,4,6-8,10H2,(H,23,27)(H2,24,25,28)/p+1. The van der Waals surface area contributed by atoms with Crippen molar-refractivity contribution in [2.45, 2.75) is 37.8 Å². The zero-order chi connectivity index (χ0) is 19.5. The fourth-order valence-electron chi connectivity index (χ4n) is 3.43. The second-order valence-electron chi connectivity index (χ2n) is 7.48. The van der Waals surface area contributed by atoms with Gasteiger partial charge >= 0.3 is 11.9 Å². The number of primary amides is 1. The number of urea groups is 1. The molecule has 1 aliphatic carbocycles. The lowest BCUT2D eigenvalue weighted by Gasteiger charge is -2.19. The molecule has 2 aliphatic rings. The third-order valence-electron chi connectivity index (χ3n) is 5.08. The number of quaternary nitrogens is 1. The van der Waals surface area contributed by atoms with Crippen molar-refractivity contribution in [2.75, 3.05) is 18.4 Å². The molecule has 4 rings (SSSR count). The van der Waals surface area contributed by atoms with Crippen LogP contribution >= 0.6 is 0 Å². The Morgan fingerprint density at radius 1 is 1.21 bits per heavy atom. The van der Waals surface area contributed by atoms with Crippen LogP contribution in [0.3, 0.4) is 0 Å². The molecular weight excluding hydrogens is 361 g/mol. The Morgan fingerprint density at radius 2 is 2.07 bits per heavy atom. The zero-order valence-corrected chi connectivity index (χ0v) is 15.6. The van der Waals surface area contributed by atoms with Gasteiger partial charge in [-0.1, -0.05) is 6.07 Å². The molecule has 2 aromatic rings. The topological polar surface area (TPSA) is 91.8 Å². The third-order valence-corrected chi connectivity index (χ3v) is 5.08. The van der Waals surface area contributed by atoms with Crippen LogP contribution in [0.4, 0.5) is 14.9 Å². The fraction of sp³-hybridized carbons (Fsp3) is 0.400. The van der Waals surface area contributed by atoms with Crippen molar-refractivity contribution in [1.82, 2.24) is 15.2 Å². The lowest BCUT2D eigenvalue weighted by atomic mass is 10.1. The van der Waals surface area contributed by atoms with Crippen molar-refractivity contribution in [3.05, 3.63) is 48.0 Å². The first kappa shape index (κ1) is 18.6. The second-order valence-corrected chi connectivity index (χ2v) is 7.48. The number of carbonyl (C=O) groups excluding carboxylic acids is 2. The van der Waals surface area contributed by atoms with E-state index in [1.807, 2.05) is 0 Å². The van der Waals surface area contributed by atoms with Crippen molar-refractivity contribution in [3.8, 4) is 5.69 Å². The average molecular weight is 386 g/mol. The van der Waals surface area contributed by atoms with E-state index >= 15 is 0 Å². The molecule has 148 valence electrons. The van der Waals surface area contributed by atoms with Gasteiger partial charge in [0.15, 0.2) is 0 Å². The van der Waals surface area contributed by atoms with Crippen LogP contribution in [-0.4, -0.2) is 41.7 Å². The number of rotatable bonds is 5. The monoisotopic (exact) mass is 386 g/mol. The minimum atomic E-state index is -0.361. The smallest absolute Gasteiger partial charge is 0.335 e. The number of nitrogens with zero attached hydrogens (tertiary/aromatic N) is 1. The molecule has 1 saturated carbocycles. The summed E-state index contributed by atoms with van der Waals surface area (Å²) in [5, 5.41) is 10.7. The first-order chi connectivity index (χ1) is 13.6. The molecular formula is C20H25FN5O2+. The van der Waals surface area contributed by atoms with Gasteiger partial charge in [0.05, 0.1) is 5.69 Å². The molecule has 2 fully saturated rings. The van der Waals surface area contributed by atoms with Crippen molar-refractivity contribution < 1.29 is 19.3 Å². The lowest BCUT2D eigenvalue weighted by Crippen LogP contribution is -2.95. The molecule has 1 aromatic heterocycles. The normalized spacial score (nSPS) is 19.2. The molecule has 28 heavy (non-hydrogen) atoms. The summed E-state index contributed by atoms with van der Waals surface area (Å²) in [5.41, 5.74) is 1.41. The quantitative estimate of drug-likeness (QED) is 0.625. The summed E-state index contributed by atoms with van der Waals surface area (Å²) >= 11 is 0. The van der Waals surface area contributed by atoms with Crippen molar-refractivity contribution in [1.29, 1.82) is 0 Å². The van der Waals surface area contributed by atoms with E-state index in [9.17, 15) is 14.0 Å². The molecule has 2 heterocycles. The molecule has 0 bridgehead atoms. The minimum absolute atomic E-state index is 0.134. The van der Waals surface area contributed by atoms with Gasteiger partial charge in [0, 0.05) is 37.1 Å². The highest BCUT2D eigenvalue weighted by molar-refractivity contribution is 5.99. The van der Waals surface area contributed by atoms with Gasteiger partial charge in [-0.3, -0.25) is 5.32 Å². The zero-order valence-electron chi connectivity index (χ0n) is 15.6. The maximum absolute atomic E-state index is 13.6. The van der Waals surface area contributed by atoms with Crippen LogP contribution in [0.5, 0.6) is 0 Å². The molecule has 0 spiro atoms. The molecule has 8 heteroatoms. The van der Waals surface area contributed by atoms with Crippen molar-refractivity contribution in [2.24, 2.45) is 0 Å². The van der Waals surface area contributed by atoms with E-state index in [0.29, 0.717) is 16.9 Å². The van der Waals surface area contributed by atoms with E-state index in [0.717, 1.165) is 38.8 Å². The summed E-state index contributed by atoms with van der Waals surface area (Å²) in [6.07, 6.45) is 7.26. The van der Waals surface area contributed by atoms with Gasteiger partial charge < -0.3 is 20.5 Å². The van der Waals surface area contributed by atoms with Gasteiger partial charge in [0.2, 0.25) is 0 Å². The van der Waals surface area contributed by atoms with Crippen LogP contribution in [0, 0.1) is 5.82 Å². The Labute approximate surface area is 162 Å². The van der Waals surface area contributed by atoms with Crippen LogP contribution < -0.4 is 21.3 Å². The van der Waals surface area contributed by atoms with E-state index in [2.05, 4.69) is 16.0 Å². The predicted octanol–water partition coefficient (Wildman–Crippen LogP) is 1.36. The SMILES string of the molecule is O=C(Nc1cn(-c2cccc(F)c2)cc1C(=O)[NH2+]C1CCCNC1)NC1CC1. The highest BCUT2D eigenvalue weighted by Gasteiger charge is 2.27. The Hall–Kier alpha value is -2.71. The second kappa shape index (κ2) is 8.12. The molecule has 1 aromatic carbocycles. The number of halogens is 1. The van der Waals surface area contributed by atoms with E-state index in [-0.39, 0.29) is 29.8 Å². The fourth-order valence-corrected chi connectivity index (χ4v) is 3.43. The number of carbonyl (C=O) groups is 2. The maximum Gasteiger partial charge on any atom is 0.346 e. The molecule has 7 nitrogen and oxygen atoms in total.